The van der Waals surface area contributed by atoms with Gasteiger partial charge in [-0.05, 0) is 19.4 Å². The lowest BCUT2D eigenvalue weighted by Gasteiger charge is -2.31. The second-order valence-corrected chi connectivity index (χ2v) is 7.13. The number of amidine groups is 1. The molecule has 2 bridgehead atoms. The molecule has 14 heteroatoms. The number of likely N-dealkylation sites (N-methyl/N-ethyl adjacent to an activating group) is 1. The highest BCUT2D eigenvalue weighted by atomic mass is 32.3. The van der Waals surface area contributed by atoms with E-state index in [4.69, 9.17) is 10.3 Å². The van der Waals surface area contributed by atoms with Crippen molar-refractivity contribution < 1.29 is 27.3 Å². The summed E-state index contributed by atoms with van der Waals surface area (Å²) in [5, 5.41) is 20.2. The maximum Gasteiger partial charge on any atom is 0.418 e. The molecule has 2 amide bonds. The molecule has 150 valence electrons. The van der Waals surface area contributed by atoms with E-state index in [9.17, 15) is 18.4 Å². The van der Waals surface area contributed by atoms with Gasteiger partial charge in [-0.3, -0.25) is 9.23 Å². The predicted molar refractivity (Wildman–Crippen MR) is 90.9 cm³/mol. The summed E-state index contributed by atoms with van der Waals surface area (Å²) >= 11 is 0. The number of rotatable bonds is 7. The lowest BCUT2D eigenvalue weighted by atomic mass is 9.97. The summed E-state index contributed by atoms with van der Waals surface area (Å²) in [7, 11) is -3.37. The Bertz CT molecular complexity index is 853. The van der Waals surface area contributed by atoms with Gasteiger partial charge in [0.2, 0.25) is 0 Å². The smallest absolute Gasteiger partial charge is 0.409 e. The van der Waals surface area contributed by atoms with Crippen molar-refractivity contribution in [3.63, 3.8) is 0 Å². The quantitative estimate of drug-likeness (QED) is 0.113. The summed E-state index contributed by atoms with van der Waals surface area (Å²) in [6.07, 6.45) is 3.03. The highest BCUT2D eigenvalue weighted by molar-refractivity contribution is 7.80. The number of nitrogens with one attached hydrogen (secondary N) is 1. The predicted octanol–water partition coefficient (Wildman–Crippen LogP) is -0.803. The van der Waals surface area contributed by atoms with Gasteiger partial charge in [0.05, 0.1) is 18.4 Å². The standard InChI is InChI=1S/C13H21N7O6S/c1-15-12(17-22)11-10-8(6-16-19(10)5-3-2-4-14)9-7-18(11)13(21)20(9)26-27(23,24)25/h6,9,11,22H,2-5,7,14H2,1H3,(H,15,17)(H,23,24,25)/t9-,11-/m0/s1. The van der Waals surface area contributed by atoms with Gasteiger partial charge in [-0.2, -0.15) is 18.6 Å². The molecule has 1 aromatic rings. The van der Waals surface area contributed by atoms with Gasteiger partial charge in [-0.25, -0.2) is 4.79 Å². The number of carbonyl (C=O) groups excluding carboxylic acids is 1. The van der Waals surface area contributed by atoms with Crippen molar-refractivity contribution in [3.8, 4) is 0 Å². The molecule has 2 aliphatic heterocycles. The summed E-state index contributed by atoms with van der Waals surface area (Å²) in [6.45, 7) is 1.11. The zero-order valence-corrected chi connectivity index (χ0v) is 15.3. The van der Waals surface area contributed by atoms with Gasteiger partial charge in [0, 0.05) is 19.2 Å². The average molecular weight is 403 g/mol. The largest absolute Gasteiger partial charge is 0.418 e. The number of fused-ring (bicyclic) bond motifs is 4. The van der Waals surface area contributed by atoms with Crippen LogP contribution in [0, 0.1) is 0 Å². The van der Waals surface area contributed by atoms with E-state index in [1.807, 2.05) is 0 Å². The number of nitrogens with two attached hydrogens (primary N) is 1. The van der Waals surface area contributed by atoms with Gasteiger partial charge in [0.25, 0.3) is 0 Å². The molecule has 0 radical (unpaired) electrons. The number of hydroxylamine groups is 2. The van der Waals surface area contributed by atoms with Crippen molar-refractivity contribution >= 4 is 22.3 Å². The van der Waals surface area contributed by atoms with E-state index < -0.39 is 28.5 Å². The minimum atomic E-state index is -4.90. The van der Waals surface area contributed by atoms with E-state index in [1.165, 1.54) is 18.1 Å². The molecule has 27 heavy (non-hydrogen) atoms. The van der Waals surface area contributed by atoms with Gasteiger partial charge < -0.3 is 21.2 Å². The number of unbranched alkanes of at least 4 members (excludes halogenated alkanes) is 1. The first-order valence-corrected chi connectivity index (χ1v) is 9.61. The van der Waals surface area contributed by atoms with Gasteiger partial charge in [0.1, 0.15) is 12.1 Å². The Morgan fingerprint density at radius 3 is 2.85 bits per heavy atom. The minimum Gasteiger partial charge on any atom is -0.409 e. The fourth-order valence-electron chi connectivity index (χ4n) is 3.44. The maximum atomic E-state index is 12.7. The van der Waals surface area contributed by atoms with E-state index in [0.717, 1.165) is 12.8 Å². The summed E-state index contributed by atoms with van der Waals surface area (Å²) in [5.74, 6) is 0.0809. The molecule has 0 spiro atoms. The van der Waals surface area contributed by atoms with Crippen LogP contribution in [0.3, 0.4) is 0 Å². The molecule has 0 unspecified atom stereocenters. The van der Waals surface area contributed by atoms with Crippen molar-refractivity contribution in [2.75, 3.05) is 20.1 Å². The van der Waals surface area contributed by atoms with Crippen LogP contribution in [0.4, 0.5) is 4.79 Å². The van der Waals surface area contributed by atoms with E-state index in [2.05, 4.69) is 19.9 Å². The van der Waals surface area contributed by atoms with Crippen LogP contribution in [0.5, 0.6) is 0 Å². The van der Waals surface area contributed by atoms with Crippen LogP contribution < -0.4 is 11.1 Å². The molecule has 0 aromatic carbocycles. The molecule has 1 fully saturated rings. The second kappa shape index (κ2) is 7.30. The van der Waals surface area contributed by atoms with Crippen LogP contribution in [-0.4, -0.2) is 69.9 Å². The van der Waals surface area contributed by atoms with Crippen LogP contribution in [0.15, 0.2) is 11.4 Å². The van der Waals surface area contributed by atoms with Crippen LogP contribution in [0.2, 0.25) is 0 Å². The number of hydrogen-bond acceptors (Lipinski definition) is 8. The third-order valence-electron chi connectivity index (χ3n) is 4.55. The van der Waals surface area contributed by atoms with Crippen molar-refractivity contribution in [2.24, 2.45) is 10.9 Å². The fraction of sp³-hybridized carbons (Fsp3) is 0.615. The number of aromatic nitrogens is 2. The van der Waals surface area contributed by atoms with Crippen LogP contribution in [-0.2, 0) is 21.2 Å². The number of nitrogens with zero attached hydrogens (tertiary/aromatic N) is 5. The first-order chi connectivity index (χ1) is 12.8. The van der Waals surface area contributed by atoms with E-state index in [-0.39, 0.29) is 12.4 Å². The summed E-state index contributed by atoms with van der Waals surface area (Å²) in [6, 6.07) is -2.40. The molecule has 3 heterocycles. The molecule has 2 atom stereocenters. The monoisotopic (exact) mass is 403 g/mol. The zero-order chi connectivity index (χ0) is 19.8. The highest BCUT2D eigenvalue weighted by Crippen LogP contribution is 2.44. The molecule has 0 aliphatic carbocycles. The Labute approximate surface area is 155 Å². The summed E-state index contributed by atoms with van der Waals surface area (Å²) < 4.78 is 37.5. The molecule has 2 aliphatic rings. The van der Waals surface area contributed by atoms with Gasteiger partial charge in [0.15, 0.2) is 5.84 Å². The number of amides is 2. The molecule has 0 saturated carbocycles. The molecular formula is C13H21N7O6S. The van der Waals surface area contributed by atoms with Crippen molar-refractivity contribution in [3.05, 3.63) is 17.5 Å². The van der Waals surface area contributed by atoms with Crippen molar-refractivity contribution in [1.82, 2.24) is 25.1 Å². The van der Waals surface area contributed by atoms with Crippen molar-refractivity contribution in [2.45, 2.75) is 31.5 Å². The second-order valence-electron chi connectivity index (χ2n) is 6.12. The maximum absolute atomic E-state index is 12.7. The average Bonchev–Trinajstić information content (AvgIpc) is 3.14. The van der Waals surface area contributed by atoms with Crippen LogP contribution in [0.1, 0.15) is 36.2 Å². The van der Waals surface area contributed by atoms with Crippen LogP contribution >= 0.6 is 0 Å². The van der Waals surface area contributed by atoms with Crippen molar-refractivity contribution in [1.29, 1.82) is 0 Å². The Hall–Kier alpha value is -2.42. The lowest BCUT2D eigenvalue weighted by molar-refractivity contribution is -0.0316. The zero-order valence-electron chi connectivity index (χ0n) is 14.5. The van der Waals surface area contributed by atoms with E-state index >= 15 is 0 Å². The molecule has 5 N–H and O–H groups in total. The molecule has 3 rings (SSSR count). The Kier molecular flexibility index (Phi) is 5.23. The summed E-state index contributed by atoms with van der Waals surface area (Å²) in [5.41, 5.74) is 6.63. The van der Waals surface area contributed by atoms with Gasteiger partial charge in [-0.15, -0.1) is 4.28 Å². The summed E-state index contributed by atoms with van der Waals surface area (Å²) in [4.78, 5) is 14.0. The first-order valence-electron chi connectivity index (χ1n) is 8.24. The third kappa shape index (κ3) is 3.43. The third-order valence-corrected chi connectivity index (χ3v) is 4.90. The number of aryl methyl sites for hydroxylation is 1. The number of urea groups is 1. The first kappa shape index (κ1) is 19.3. The Balaban J connectivity index is 2.06. The minimum absolute atomic E-state index is 0.0706. The molecule has 13 nitrogen and oxygen atoms in total. The SMILES string of the molecule is CN/C(=N\O)[C@@H]1c2c(cnn2CCCCN)[C@@H]2CN1C(=O)N2OS(=O)(=O)O. The number of carbonyl (C=O) groups is 1. The molecule has 1 saturated heterocycles. The Morgan fingerprint density at radius 2 is 2.26 bits per heavy atom. The normalized spacial score (nSPS) is 22.3. The molecule has 1 aromatic heterocycles. The Morgan fingerprint density at radius 1 is 1.52 bits per heavy atom. The fourth-order valence-corrected chi connectivity index (χ4v) is 3.81. The lowest BCUT2D eigenvalue weighted by Crippen LogP contribution is -2.43. The number of hydrogen-bond donors (Lipinski definition) is 4. The number of oxime groups is 1. The topological polar surface area (TPSA) is 176 Å². The van der Waals surface area contributed by atoms with Gasteiger partial charge >= 0.3 is 16.4 Å². The highest BCUT2D eigenvalue weighted by Gasteiger charge is 2.53. The van der Waals surface area contributed by atoms with Gasteiger partial charge in [-0.1, -0.05) is 5.16 Å². The molecular weight excluding hydrogens is 382 g/mol. The van der Waals surface area contributed by atoms with E-state index in [0.29, 0.717) is 29.4 Å². The van der Waals surface area contributed by atoms with E-state index in [1.54, 1.807) is 4.68 Å². The van der Waals surface area contributed by atoms with Crippen LogP contribution in [0.25, 0.3) is 0 Å².